The van der Waals surface area contributed by atoms with E-state index in [0.717, 1.165) is 6.54 Å². The van der Waals surface area contributed by atoms with Crippen LogP contribution in [0.15, 0.2) is 0 Å². The molecule has 0 atom stereocenters. The Morgan fingerprint density at radius 1 is 1.31 bits per heavy atom. The lowest BCUT2D eigenvalue weighted by Gasteiger charge is -2.09. The molecule has 0 radical (unpaired) electrons. The maximum absolute atomic E-state index is 10.6. The smallest absolute Gasteiger partial charge is 0.131 e. The van der Waals surface area contributed by atoms with Gasteiger partial charge in [0.1, 0.15) is 5.78 Å². The molecule has 0 heterocycles. The summed E-state index contributed by atoms with van der Waals surface area (Å²) in [5.41, 5.74) is 0. The Bertz CT molecular complexity index is 128. The fourth-order valence-corrected chi connectivity index (χ4v) is 1.58. The second-order valence-corrected chi connectivity index (χ2v) is 3.39. The van der Waals surface area contributed by atoms with Crippen LogP contribution in [-0.2, 0) is 4.79 Å². The summed E-state index contributed by atoms with van der Waals surface area (Å²) in [6, 6.07) is 0.703. The lowest BCUT2D eigenvalue weighted by Crippen LogP contribution is -2.27. The van der Waals surface area contributed by atoms with Crippen LogP contribution >= 0.6 is 0 Å². The quantitative estimate of drug-likeness (QED) is 0.729. The Morgan fingerprint density at radius 2 is 1.85 bits per heavy atom. The Morgan fingerprint density at radius 3 is 2.31 bits per heavy atom. The second kappa shape index (κ2) is 8.24. The first-order valence-corrected chi connectivity index (χ1v) is 5.52. The largest absolute Gasteiger partial charge is 0.314 e. The third-order valence-electron chi connectivity index (χ3n) is 2.27. The van der Waals surface area contributed by atoms with Gasteiger partial charge in [0.05, 0.1) is 0 Å². The van der Waals surface area contributed by atoms with Crippen molar-refractivity contribution < 1.29 is 4.79 Å². The molecule has 0 aromatic heterocycles. The summed E-state index contributed by atoms with van der Waals surface area (Å²) in [5.74, 6) is 0.287. The molecule has 0 spiro atoms. The summed E-state index contributed by atoms with van der Waals surface area (Å²) in [6.45, 7) is 6.52. The maximum Gasteiger partial charge on any atom is 0.131 e. The number of carbonyl (C=O) groups is 1. The van der Waals surface area contributed by atoms with Gasteiger partial charge in [-0.25, -0.2) is 0 Å². The van der Waals surface area contributed by atoms with E-state index in [1.54, 1.807) is 6.92 Å². The number of rotatable bonds is 4. The highest BCUT2D eigenvalue weighted by Gasteiger charge is 2.13. The SMILES string of the molecule is CC.CC(=O)CCNC1CCCC1. The van der Waals surface area contributed by atoms with E-state index in [-0.39, 0.29) is 5.78 Å². The van der Waals surface area contributed by atoms with E-state index in [2.05, 4.69) is 5.32 Å². The Balaban J connectivity index is 0.000000671. The minimum absolute atomic E-state index is 0.287. The number of ketones is 1. The monoisotopic (exact) mass is 185 g/mol. The molecule has 0 amide bonds. The fraction of sp³-hybridized carbons (Fsp3) is 0.909. The Labute approximate surface area is 82.1 Å². The molecule has 0 aromatic rings. The molecule has 1 saturated carbocycles. The van der Waals surface area contributed by atoms with Gasteiger partial charge in [-0.2, -0.15) is 0 Å². The molecular formula is C11H23NO. The van der Waals surface area contributed by atoms with Gasteiger partial charge in [-0.15, -0.1) is 0 Å². The molecule has 78 valence electrons. The van der Waals surface area contributed by atoms with E-state index in [9.17, 15) is 4.79 Å². The summed E-state index contributed by atoms with van der Waals surface area (Å²) in [6.07, 6.45) is 6.02. The molecule has 1 aliphatic carbocycles. The summed E-state index contributed by atoms with van der Waals surface area (Å²) in [5, 5.41) is 3.39. The molecule has 1 N–H and O–H groups in total. The van der Waals surface area contributed by atoms with Gasteiger partial charge in [0.15, 0.2) is 0 Å². The average molecular weight is 185 g/mol. The lowest BCUT2D eigenvalue weighted by atomic mass is 10.2. The third kappa shape index (κ3) is 6.76. The normalized spacial score (nSPS) is 16.5. The molecule has 0 aliphatic heterocycles. The average Bonchev–Trinajstić information content (AvgIpc) is 2.60. The van der Waals surface area contributed by atoms with Gasteiger partial charge >= 0.3 is 0 Å². The molecule has 0 unspecified atom stereocenters. The highest BCUT2D eigenvalue weighted by atomic mass is 16.1. The van der Waals surface area contributed by atoms with Crippen molar-refractivity contribution in [2.24, 2.45) is 0 Å². The van der Waals surface area contributed by atoms with Crippen molar-refractivity contribution in [3.63, 3.8) is 0 Å². The van der Waals surface area contributed by atoms with Gasteiger partial charge in [0.2, 0.25) is 0 Å². The second-order valence-electron chi connectivity index (χ2n) is 3.39. The van der Waals surface area contributed by atoms with Crippen LogP contribution in [-0.4, -0.2) is 18.4 Å². The zero-order chi connectivity index (χ0) is 10.1. The number of Topliss-reactive ketones (excluding diaryl/α,β-unsaturated/α-hetero) is 1. The fourth-order valence-electron chi connectivity index (χ4n) is 1.58. The summed E-state index contributed by atoms with van der Waals surface area (Å²) in [7, 11) is 0. The minimum atomic E-state index is 0.287. The van der Waals surface area contributed by atoms with Crippen molar-refractivity contribution in [3.05, 3.63) is 0 Å². The van der Waals surface area contributed by atoms with Crippen LogP contribution < -0.4 is 5.32 Å². The Kier molecular flexibility index (Phi) is 8.00. The van der Waals surface area contributed by atoms with Gasteiger partial charge in [0, 0.05) is 19.0 Å². The first-order chi connectivity index (χ1) is 6.29. The number of hydrogen-bond acceptors (Lipinski definition) is 2. The molecule has 2 heteroatoms. The summed E-state index contributed by atoms with van der Waals surface area (Å²) in [4.78, 5) is 10.6. The van der Waals surface area contributed by atoms with Crippen LogP contribution in [0.1, 0.15) is 52.9 Å². The molecule has 2 nitrogen and oxygen atoms in total. The van der Waals surface area contributed by atoms with Crippen molar-refractivity contribution in [2.45, 2.75) is 58.9 Å². The topological polar surface area (TPSA) is 29.1 Å². The molecule has 0 bridgehead atoms. The molecular weight excluding hydrogens is 162 g/mol. The molecule has 0 aromatic carbocycles. The van der Waals surface area contributed by atoms with Gasteiger partial charge < -0.3 is 5.32 Å². The third-order valence-corrected chi connectivity index (χ3v) is 2.27. The predicted octanol–water partition coefficient (Wildman–Crippen LogP) is 2.52. The zero-order valence-corrected chi connectivity index (χ0v) is 9.23. The zero-order valence-electron chi connectivity index (χ0n) is 9.23. The number of hydrogen-bond donors (Lipinski definition) is 1. The van der Waals surface area contributed by atoms with Crippen LogP contribution in [0.3, 0.4) is 0 Å². The van der Waals surface area contributed by atoms with E-state index in [1.165, 1.54) is 25.7 Å². The molecule has 13 heavy (non-hydrogen) atoms. The van der Waals surface area contributed by atoms with E-state index in [1.807, 2.05) is 13.8 Å². The lowest BCUT2D eigenvalue weighted by molar-refractivity contribution is -0.116. The molecule has 0 saturated heterocycles. The van der Waals surface area contributed by atoms with Crippen molar-refractivity contribution in [1.82, 2.24) is 5.32 Å². The van der Waals surface area contributed by atoms with E-state index in [4.69, 9.17) is 0 Å². The van der Waals surface area contributed by atoms with Crippen LogP contribution in [0.25, 0.3) is 0 Å². The van der Waals surface area contributed by atoms with Crippen LogP contribution in [0, 0.1) is 0 Å². The highest BCUT2D eigenvalue weighted by Crippen LogP contribution is 2.17. The highest BCUT2D eigenvalue weighted by molar-refractivity contribution is 5.75. The van der Waals surface area contributed by atoms with Crippen molar-refractivity contribution in [2.75, 3.05) is 6.54 Å². The number of carbonyl (C=O) groups excluding carboxylic acids is 1. The van der Waals surface area contributed by atoms with Crippen LogP contribution in [0.2, 0.25) is 0 Å². The Hall–Kier alpha value is -0.370. The first kappa shape index (κ1) is 12.6. The standard InChI is InChI=1S/C9H17NO.C2H6/c1-8(11)6-7-10-9-4-2-3-5-9;1-2/h9-10H,2-7H2,1H3;1-2H3. The predicted molar refractivity (Wildman–Crippen MR) is 56.9 cm³/mol. The van der Waals surface area contributed by atoms with E-state index >= 15 is 0 Å². The maximum atomic E-state index is 10.6. The van der Waals surface area contributed by atoms with Gasteiger partial charge in [0.25, 0.3) is 0 Å². The van der Waals surface area contributed by atoms with Gasteiger partial charge in [-0.3, -0.25) is 4.79 Å². The summed E-state index contributed by atoms with van der Waals surface area (Å²) >= 11 is 0. The summed E-state index contributed by atoms with van der Waals surface area (Å²) < 4.78 is 0. The van der Waals surface area contributed by atoms with Crippen molar-refractivity contribution >= 4 is 5.78 Å². The first-order valence-electron chi connectivity index (χ1n) is 5.52. The van der Waals surface area contributed by atoms with E-state index in [0.29, 0.717) is 12.5 Å². The van der Waals surface area contributed by atoms with Crippen molar-refractivity contribution in [1.29, 1.82) is 0 Å². The van der Waals surface area contributed by atoms with Crippen LogP contribution in [0.4, 0.5) is 0 Å². The molecule has 1 fully saturated rings. The molecule has 1 aliphatic rings. The number of nitrogens with one attached hydrogen (secondary N) is 1. The van der Waals surface area contributed by atoms with E-state index < -0.39 is 0 Å². The molecule has 1 rings (SSSR count). The van der Waals surface area contributed by atoms with Crippen LogP contribution in [0.5, 0.6) is 0 Å². The minimum Gasteiger partial charge on any atom is -0.314 e. The van der Waals surface area contributed by atoms with Crippen molar-refractivity contribution in [3.8, 4) is 0 Å². The van der Waals surface area contributed by atoms with Gasteiger partial charge in [-0.1, -0.05) is 26.7 Å². The van der Waals surface area contributed by atoms with Gasteiger partial charge in [-0.05, 0) is 19.8 Å².